The van der Waals surface area contributed by atoms with Gasteiger partial charge >= 0.3 is 6.18 Å². The molecule has 1 unspecified atom stereocenters. The number of benzene rings is 2. The minimum Gasteiger partial charge on any atom is -0.385 e. The molecule has 1 aromatic heterocycles. The van der Waals surface area contributed by atoms with Gasteiger partial charge in [-0.3, -0.25) is 0 Å². The quantitative estimate of drug-likeness (QED) is 0.787. The van der Waals surface area contributed by atoms with E-state index in [2.05, 4.69) is 4.98 Å². The van der Waals surface area contributed by atoms with Gasteiger partial charge in [0, 0.05) is 6.54 Å². The summed E-state index contributed by atoms with van der Waals surface area (Å²) in [7, 11) is 0. The fourth-order valence-electron chi connectivity index (χ4n) is 2.58. The van der Waals surface area contributed by atoms with Crippen molar-refractivity contribution in [2.24, 2.45) is 0 Å². The Hall–Kier alpha value is -2.34. The Bertz CT molecular complexity index is 823. The van der Waals surface area contributed by atoms with Crippen LogP contribution < -0.4 is 0 Å². The lowest BCUT2D eigenvalue weighted by Gasteiger charge is -2.11. The zero-order valence-electron chi connectivity index (χ0n) is 12.4. The van der Waals surface area contributed by atoms with E-state index in [0.717, 1.165) is 17.7 Å². The molecular formula is C17H15F3N2O. The first-order valence-electron chi connectivity index (χ1n) is 7.15. The van der Waals surface area contributed by atoms with Gasteiger partial charge in [-0.1, -0.05) is 30.3 Å². The number of alkyl halides is 3. The summed E-state index contributed by atoms with van der Waals surface area (Å²) >= 11 is 0. The van der Waals surface area contributed by atoms with E-state index in [0.29, 0.717) is 17.9 Å². The molecule has 1 N–H and O–H groups in total. The Balaban J connectivity index is 2.13. The maximum atomic E-state index is 12.8. The van der Waals surface area contributed by atoms with Crippen LogP contribution in [0.15, 0.2) is 48.5 Å². The van der Waals surface area contributed by atoms with Gasteiger partial charge in [-0.05, 0) is 30.7 Å². The molecule has 120 valence electrons. The van der Waals surface area contributed by atoms with Gasteiger partial charge in [0.2, 0.25) is 0 Å². The molecule has 0 saturated carbocycles. The number of hydrogen-bond acceptors (Lipinski definition) is 2. The third-order valence-corrected chi connectivity index (χ3v) is 3.66. The van der Waals surface area contributed by atoms with E-state index in [1.165, 1.54) is 6.07 Å². The Morgan fingerprint density at radius 2 is 1.83 bits per heavy atom. The second kappa shape index (κ2) is 5.70. The highest BCUT2D eigenvalue weighted by atomic mass is 19.4. The van der Waals surface area contributed by atoms with Crippen molar-refractivity contribution in [2.45, 2.75) is 25.7 Å². The average molecular weight is 320 g/mol. The largest absolute Gasteiger partial charge is 0.416 e. The molecule has 3 rings (SSSR count). The summed E-state index contributed by atoms with van der Waals surface area (Å²) < 4.78 is 40.3. The molecule has 0 aliphatic heterocycles. The first kappa shape index (κ1) is 15.6. The van der Waals surface area contributed by atoms with Crippen LogP contribution in [0.25, 0.3) is 11.0 Å². The van der Waals surface area contributed by atoms with Crippen LogP contribution >= 0.6 is 0 Å². The summed E-state index contributed by atoms with van der Waals surface area (Å²) in [6.07, 6.45) is -5.29. The maximum absolute atomic E-state index is 12.8. The van der Waals surface area contributed by atoms with Crippen molar-refractivity contribution >= 4 is 11.0 Å². The number of aromatic nitrogens is 2. The molecule has 3 nitrogen and oxygen atoms in total. The average Bonchev–Trinajstić information content (AvgIpc) is 2.86. The van der Waals surface area contributed by atoms with Crippen molar-refractivity contribution in [1.29, 1.82) is 0 Å². The van der Waals surface area contributed by atoms with Gasteiger partial charge < -0.3 is 9.67 Å². The van der Waals surface area contributed by atoms with Gasteiger partial charge in [0.05, 0.1) is 16.6 Å². The first-order valence-corrected chi connectivity index (χ1v) is 7.15. The molecule has 0 fully saturated rings. The summed E-state index contributed by atoms with van der Waals surface area (Å²) in [6, 6.07) is 13.0. The smallest absolute Gasteiger partial charge is 0.385 e. The highest BCUT2D eigenvalue weighted by molar-refractivity contribution is 5.77. The van der Waals surface area contributed by atoms with Crippen LogP contribution in [0.3, 0.4) is 0 Å². The van der Waals surface area contributed by atoms with Crippen LogP contribution in [0.5, 0.6) is 0 Å². The predicted octanol–water partition coefficient (Wildman–Crippen LogP) is 4.16. The van der Waals surface area contributed by atoms with Crippen LogP contribution in [-0.4, -0.2) is 14.7 Å². The van der Waals surface area contributed by atoms with Gasteiger partial charge in [-0.2, -0.15) is 13.2 Å². The minimum absolute atomic E-state index is 0.228. The Kier molecular flexibility index (Phi) is 3.85. The SMILES string of the molecule is CC(O)c1nc2cc(C(F)(F)F)ccc2n1Cc1ccccc1. The summed E-state index contributed by atoms with van der Waals surface area (Å²) in [5, 5.41) is 9.91. The molecule has 1 heterocycles. The molecule has 0 amide bonds. The Morgan fingerprint density at radius 3 is 2.43 bits per heavy atom. The zero-order valence-corrected chi connectivity index (χ0v) is 12.4. The second-order valence-electron chi connectivity index (χ2n) is 5.42. The van der Waals surface area contributed by atoms with E-state index in [9.17, 15) is 18.3 Å². The van der Waals surface area contributed by atoms with E-state index in [-0.39, 0.29) is 5.52 Å². The van der Waals surface area contributed by atoms with Gasteiger partial charge in [-0.15, -0.1) is 0 Å². The normalized spacial score (nSPS) is 13.4. The predicted molar refractivity (Wildman–Crippen MR) is 80.9 cm³/mol. The molecular weight excluding hydrogens is 305 g/mol. The van der Waals surface area contributed by atoms with Crippen molar-refractivity contribution in [2.75, 3.05) is 0 Å². The minimum atomic E-state index is -4.41. The van der Waals surface area contributed by atoms with Crippen molar-refractivity contribution in [3.05, 3.63) is 65.5 Å². The van der Waals surface area contributed by atoms with Crippen LogP contribution in [0.1, 0.15) is 30.0 Å². The molecule has 0 saturated heterocycles. The van der Waals surface area contributed by atoms with Crippen molar-refractivity contribution in [3.8, 4) is 0 Å². The fraction of sp³-hybridized carbons (Fsp3) is 0.235. The number of rotatable bonds is 3. The number of aliphatic hydroxyl groups is 1. The third kappa shape index (κ3) is 3.07. The monoisotopic (exact) mass is 320 g/mol. The molecule has 1 atom stereocenters. The molecule has 3 aromatic rings. The van der Waals surface area contributed by atoms with E-state index in [4.69, 9.17) is 0 Å². The lowest BCUT2D eigenvalue weighted by molar-refractivity contribution is -0.137. The maximum Gasteiger partial charge on any atom is 0.416 e. The standard InChI is InChI=1S/C17H15F3N2O/c1-11(23)16-21-14-9-13(17(18,19)20)7-8-15(14)22(16)10-12-5-3-2-4-6-12/h2-9,11,23H,10H2,1H3. The molecule has 0 spiro atoms. The van der Waals surface area contributed by atoms with Crippen LogP contribution in [0.4, 0.5) is 13.2 Å². The molecule has 2 aromatic carbocycles. The summed E-state index contributed by atoms with van der Waals surface area (Å²) in [4.78, 5) is 4.20. The number of nitrogens with zero attached hydrogens (tertiary/aromatic N) is 2. The van der Waals surface area contributed by atoms with Gasteiger partial charge in [0.1, 0.15) is 11.9 Å². The van der Waals surface area contributed by atoms with Crippen molar-refractivity contribution in [1.82, 2.24) is 9.55 Å². The lowest BCUT2D eigenvalue weighted by atomic mass is 10.2. The highest BCUT2D eigenvalue weighted by Crippen LogP contribution is 2.32. The fourth-order valence-corrected chi connectivity index (χ4v) is 2.58. The van der Waals surface area contributed by atoms with Crippen LogP contribution in [0, 0.1) is 0 Å². The van der Waals surface area contributed by atoms with E-state index < -0.39 is 17.8 Å². The van der Waals surface area contributed by atoms with Gasteiger partial charge in [-0.25, -0.2) is 4.98 Å². The summed E-state index contributed by atoms with van der Waals surface area (Å²) in [5.41, 5.74) is 1.03. The highest BCUT2D eigenvalue weighted by Gasteiger charge is 2.31. The molecule has 23 heavy (non-hydrogen) atoms. The van der Waals surface area contributed by atoms with E-state index >= 15 is 0 Å². The Labute approximate surface area is 131 Å². The van der Waals surface area contributed by atoms with Crippen molar-refractivity contribution < 1.29 is 18.3 Å². The van der Waals surface area contributed by atoms with Crippen LogP contribution in [-0.2, 0) is 12.7 Å². The van der Waals surface area contributed by atoms with Gasteiger partial charge in [0.15, 0.2) is 0 Å². The molecule has 6 heteroatoms. The molecule has 0 bridgehead atoms. The van der Waals surface area contributed by atoms with Gasteiger partial charge in [0.25, 0.3) is 0 Å². The number of hydrogen-bond donors (Lipinski definition) is 1. The zero-order chi connectivity index (χ0) is 16.6. The van der Waals surface area contributed by atoms with Crippen LogP contribution in [0.2, 0.25) is 0 Å². The molecule has 0 radical (unpaired) electrons. The number of halogens is 3. The number of fused-ring (bicyclic) bond motifs is 1. The third-order valence-electron chi connectivity index (χ3n) is 3.66. The summed E-state index contributed by atoms with van der Waals surface area (Å²) in [6.45, 7) is 1.98. The molecule has 0 aliphatic carbocycles. The molecule has 0 aliphatic rings. The first-order chi connectivity index (χ1) is 10.9. The second-order valence-corrected chi connectivity index (χ2v) is 5.42. The van der Waals surface area contributed by atoms with E-state index in [1.54, 1.807) is 11.5 Å². The summed E-state index contributed by atoms with van der Waals surface area (Å²) in [5.74, 6) is 0.350. The number of imidazole rings is 1. The lowest BCUT2D eigenvalue weighted by Crippen LogP contribution is -2.08. The Morgan fingerprint density at radius 1 is 1.13 bits per heavy atom. The topological polar surface area (TPSA) is 38.1 Å². The van der Waals surface area contributed by atoms with Crippen molar-refractivity contribution in [3.63, 3.8) is 0 Å². The van der Waals surface area contributed by atoms with E-state index in [1.807, 2.05) is 30.3 Å². The number of aliphatic hydroxyl groups excluding tert-OH is 1.